The van der Waals surface area contributed by atoms with Crippen LogP contribution in [0, 0.1) is 11.7 Å². The summed E-state index contributed by atoms with van der Waals surface area (Å²) in [4.78, 5) is 16.5. The summed E-state index contributed by atoms with van der Waals surface area (Å²) in [5.41, 5.74) is 0.524. The zero-order chi connectivity index (χ0) is 24.7. The molecule has 0 spiro atoms. The quantitative estimate of drug-likeness (QED) is 0.472. The van der Waals surface area contributed by atoms with Gasteiger partial charge in [-0.1, -0.05) is 24.3 Å². The number of hydrogen-bond donors (Lipinski definition) is 1. The summed E-state index contributed by atoms with van der Waals surface area (Å²) in [6.45, 7) is 1.29. The van der Waals surface area contributed by atoms with Crippen LogP contribution in [0.25, 0.3) is 6.08 Å². The molecule has 0 saturated carbocycles. The third-order valence-electron chi connectivity index (χ3n) is 5.76. The number of pyridine rings is 1. The van der Waals surface area contributed by atoms with Gasteiger partial charge in [-0.2, -0.15) is 4.31 Å². The first kappa shape index (κ1) is 24.6. The topological polar surface area (TPSA) is 88.6 Å². The number of benzene rings is 2. The number of nitrogens with one attached hydrogen (secondary N) is 1. The van der Waals surface area contributed by atoms with Gasteiger partial charge in [-0.05, 0) is 66.8 Å². The molecule has 1 aliphatic heterocycles. The van der Waals surface area contributed by atoms with Crippen molar-refractivity contribution in [2.75, 3.05) is 19.6 Å². The molecule has 3 aromatic rings. The van der Waals surface area contributed by atoms with E-state index in [-0.39, 0.29) is 17.6 Å². The molecule has 1 N–H and O–H groups in total. The van der Waals surface area contributed by atoms with Gasteiger partial charge in [0.25, 0.3) is 0 Å². The van der Waals surface area contributed by atoms with Crippen molar-refractivity contribution in [2.24, 2.45) is 5.92 Å². The summed E-state index contributed by atoms with van der Waals surface area (Å²) in [5, 5.41) is 2.85. The SMILES string of the molecule is O=C(/C=C/c1ccc(Oc2cccnc2)c(F)c1)NCC1CCN(S(=O)(=O)c2ccccc2)CC1. The van der Waals surface area contributed by atoms with Crippen molar-refractivity contribution in [3.05, 3.63) is 90.5 Å². The van der Waals surface area contributed by atoms with Crippen molar-refractivity contribution in [3.63, 3.8) is 0 Å². The van der Waals surface area contributed by atoms with Crippen molar-refractivity contribution in [2.45, 2.75) is 17.7 Å². The number of halogens is 1. The highest BCUT2D eigenvalue weighted by molar-refractivity contribution is 7.89. The van der Waals surface area contributed by atoms with Crippen molar-refractivity contribution < 1.29 is 22.3 Å². The molecule has 1 aromatic heterocycles. The maximum absolute atomic E-state index is 14.3. The van der Waals surface area contributed by atoms with Gasteiger partial charge in [-0.3, -0.25) is 9.78 Å². The average molecular weight is 496 g/mol. The molecule has 2 heterocycles. The van der Waals surface area contributed by atoms with Crippen molar-refractivity contribution in [1.82, 2.24) is 14.6 Å². The van der Waals surface area contributed by atoms with Crippen LogP contribution in [0.4, 0.5) is 4.39 Å². The third kappa shape index (κ3) is 6.52. The van der Waals surface area contributed by atoms with E-state index >= 15 is 0 Å². The predicted molar refractivity (Wildman–Crippen MR) is 131 cm³/mol. The summed E-state index contributed by atoms with van der Waals surface area (Å²) in [7, 11) is -3.49. The zero-order valence-electron chi connectivity index (χ0n) is 19.0. The van der Waals surface area contributed by atoms with Gasteiger partial charge in [0.1, 0.15) is 5.75 Å². The first-order valence-electron chi connectivity index (χ1n) is 11.3. The molecule has 1 amide bonds. The Kier molecular flexibility index (Phi) is 7.89. The molecule has 9 heteroatoms. The van der Waals surface area contributed by atoms with Gasteiger partial charge in [0.2, 0.25) is 15.9 Å². The summed E-state index contributed by atoms with van der Waals surface area (Å²) in [5.74, 6) is -0.150. The summed E-state index contributed by atoms with van der Waals surface area (Å²) in [6, 6.07) is 16.2. The maximum Gasteiger partial charge on any atom is 0.244 e. The van der Waals surface area contributed by atoms with Gasteiger partial charge in [-0.15, -0.1) is 0 Å². The highest BCUT2D eigenvalue weighted by Gasteiger charge is 2.29. The van der Waals surface area contributed by atoms with E-state index in [2.05, 4.69) is 10.3 Å². The van der Waals surface area contributed by atoms with Crippen LogP contribution in [0.1, 0.15) is 18.4 Å². The monoisotopic (exact) mass is 495 g/mol. The summed E-state index contributed by atoms with van der Waals surface area (Å²) in [6.07, 6.45) is 7.30. The van der Waals surface area contributed by atoms with E-state index in [1.165, 1.54) is 34.8 Å². The lowest BCUT2D eigenvalue weighted by Crippen LogP contribution is -2.41. The van der Waals surface area contributed by atoms with E-state index in [0.29, 0.717) is 48.7 Å². The minimum atomic E-state index is -3.49. The van der Waals surface area contributed by atoms with Crippen LogP contribution in [0.2, 0.25) is 0 Å². The largest absolute Gasteiger partial charge is 0.453 e. The van der Waals surface area contributed by atoms with E-state index in [4.69, 9.17) is 4.74 Å². The molecule has 182 valence electrons. The minimum absolute atomic E-state index is 0.0697. The lowest BCUT2D eigenvalue weighted by Gasteiger charge is -2.31. The van der Waals surface area contributed by atoms with Crippen LogP contribution < -0.4 is 10.1 Å². The number of nitrogens with zero attached hydrogens (tertiary/aromatic N) is 2. The van der Waals surface area contributed by atoms with E-state index in [0.717, 1.165) is 0 Å². The second-order valence-electron chi connectivity index (χ2n) is 8.22. The van der Waals surface area contributed by atoms with Gasteiger partial charge in [-0.25, -0.2) is 12.8 Å². The Hall–Kier alpha value is -3.56. The predicted octanol–water partition coefficient (Wildman–Crippen LogP) is 4.24. The van der Waals surface area contributed by atoms with Crippen LogP contribution in [-0.2, 0) is 14.8 Å². The second kappa shape index (κ2) is 11.2. The van der Waals surface area contributed by atoms with Crippen LogP contribution >= 0.6 is 0 Å². The smallest absolute Gasteiger partial charge is 0.244 e. The number of amides is 1. The van der Waals surface area contributed by atoms with Crippen molar-refractivity contribution >= 4 is 22.0 Å². The molecule has 0 aliphatic carbocycles. The third-order valence-corrected chi connectivity index (χ3v) is 7.68. The fourth-order valence-corrected chi connectivity index (χ4v) is 5.30. The van der Waals surface area contributed by atoms with Crippen molar-refractivity contribution in [3.8, 4) is 11.5 Å². The standard InChI is InChI=1S/C26H26FN3O4S/c27-24-17-20(8-10-25(24)34-22-5-4-14-28-19-22)9-11-26(31)29-18-21-12-15-30(16-13-21)35(32,33)23-6-2-1-3-7-23/h1-11,14,17,19,21H,12-13,15-16,18H2,(H,29,31)/b11-9+. The Balaban J connectivity index is 1.24. The number of rotatable bonds is 8. The molecule has 4 rings (SSSR count). The number of sulfonamides is 1. The Morgan fingerprint density at radius 3 is 2.57 bits per heavy atom. The molecule has 7 nitrogen and oxygen atoms in total. The molecule has 1 fully saturated rings. The molecule has 1 saturated heterocycles. The minimum Gasteiger partial charge on any atom is -0.453 e. The molecule has 2 aromatic carbocycles. The Labute approximate surface area is 204 Å². The molecule has 0 unspecified atom stereocenters. The number of piperidine rings is 1. The second-order valence-corrected chi connectivity index (χ2v) is 10.2. The number of hydrogen-bond acceptors (Lipinski definition) is 5. The lowest BCUT2D eigenvalue weighted by atomic mass is 9.98. The summed E-state index contributed by atoms with van der Waals surface area (Å²) >= 11 is 0. The number of aromatic nitrogens is 1. The fourth-order valence-electron chi connectivity index (χ4n) is 3.81. The normalized spacial score (nSPS) is 15.2. The van der Waals surface area contributed by atoms with Crippen LogP contribution in [0.3, 0.4) is 0 Å². The molecule has 0 radical (unpaired) electrons. The van der Waals surface area contributed by atoms with E-state index in [1.54, 1.807) is 54.7 Å². The molecule has 1 aliphatic rings. The highest BCUT2D eigenvalue weighted by atomic mass is 32.2. The van der Waals surface area contributed by atoms with Gasteiger partial charge < -0.3 is 10.1 Å². The molecular weight excluding hydrogens is 469 g/mol. The van der Waals surface area contributed by atoms with Crippen LogP contribution in [0.5, 0.6) is 11.5 Å². The Bertz CT molecular complexity index is 1280. The van der Waals surface area contributed by atoms with Crippen LogP contribution in [-0.4, -0.2) is 43.2 Å². The van der Waals surface area contributed by atoms with Crippen LogP contribution in [0.15, 0.2) is 84.0 Å². The van der Waals surface area contributed by atoms with E-state index in [9.17, 15) is 17.6 Å². The van der Waals surface area contributed by atoms with E-state index in [1.807, 2.05) is 0 Å². The number of carbonyl (C=O) groups excluding carboxylic acids is 1. The fraction of sp³-hybridized carbons (Fsp3) is 0.231. The Morgan fingerprint density at radius 1 is 1.11 bits per heavy atom. The average Bonchev–Trinajstić information content (AvgIpc) is 2.89. The molecule has 0 bridgehead atoms. The number of ether oxygens (including phenoxy) is 1. The van der Waals surface area contributed by atoms with Gasteiger partial charge in [0.05, 0.1) is 11.1 Å². The van der Waals surface area contributed by atoms with Gasteiger partial charge in [0, 0.05) is 31.9 Å². The van der Waals surface area contributed by atoms with Gasteiger partial charge >= 0.3 is 0 Å². The molecule has 35 heavy (non-hydrogen) atoms. The first-order valence-corrected chi connectivity index (χ1v) is 12.7. The number of carbonyl (C=O) groups is 1. The molecule has 0 atom stereocenters. The summed E-state index contributed by atoms with van der Waals surface area (Å²) < 4.78 is 46.8. The Morgan fingerprint density at radius 2 is 1.89 bits per heavy atom. The molecular formula is C26H26FN3O4S. The lowest BCUT2D eigenvalue weighted by molar-refractivity contribution is -0.116. The maximum atomic E-state index is 14.3. The first-order chi connectivity index (χ1) is 16.9. The highest BCUT2D eigenvalue weighted by Crippen LogP contribution is 2.25. The van der Waals surface area contributed by atoms with Crippen molar-refractivity contribution in [1.29, 1.82) is 0 Å². The van der Waals surface area contributed by atoms with E-state index < -0.39 is 15.8 Å². The zero-order valence-corrected chi connectivity index (χ0v) is 19.8. The van der Waals surface area contributed by atoms with Gasteiger partial charge in [0.15, 0.2) is 11.6 Å².